The molecule has 242 valence electrons. The van der Waals surface area contributed by atoms with Crippen LogP contribution < -0.4 is 4.18 Å². The summed E-state index contributed by atoms with van der Waals surface area (Å²) < 4.78 is 76.4. The lowest BCUT2D eigenvalue weighted by molar-refractivity contribution is -0.0500. The smallest absolute Gasteiger partial charge is 0.508 e. The van der Waals surface area contributed by atoms with E-state index in [9.17, 15) is 31.8 Å². The summed E-state index contributed by atoms with van der Waals surface area (Å²) in [5.74, 6) is 1.74. The highest BCUT2D eigenvalue weighted by molar-refractivity contribution is 7.88. The van der Waals surface area contributed by atoms with Crippen molar-refractivity contribution in [3.8, 4) is 39.9 Å². The van der Waals surface area contributed by atoms with Gasteiger partial charge < -0.3 is 23.2 Å². The van der Waals surface area contributed by atoms with E-state index in [1.54, 1.807) is 30.3 Å². The average Bonchev–Trinajstić information content (AvgIpc) is 3.41. The molecule has 0 saturated carbocycles. The lowest BCUT2D eigenvalue weighted by Crippen LogP contribution is -2.28. The number of aromatic hydroxyl groups is 2. The minimum atomic E-state index is -5.70. The van der Waals surface area contributed by atoms with E-state index in [4.69, 9.17) is 8.83 Å². The molecular formula is C36H29F3O7S. The van der Waals surface area contributed by atoms with E-state index in [2.05, 4.69) is 10.2 Å². The number of hydrogen-bond acceptors (Lipinski definition) is 7. The fourth-order valence-corrected chi connectivity index (χ4v) is 6.93. The number of fused-ring (bicyclic) bond motifs is 10. The number of alkyl halides is 3. The minimum Gasteiger partial charge on any atom is -0.508 e. The normalized spacial score (nSPS) is 14.2. The molecule has 2 aromatic heterocycles. The molecule has 0 unspecified atom stereocenters. The molecule has 7 nitrogen and oxygen atoms in total. The molecule has 4 aromatic carbocycles. The van der Waals surface area contributed by atoms with Crippen LogP contribution in [0.2, 0.25) is 0 Å². The van der Waals surface area contributed by atoms with Crippen molar-refractivity contribution in [1.29, 1.82) is 0 Å². The maximum atomic E-state index is 12.5. The fraction of sp³-hybridized carbons (Fsp3) is 0.222. The summed E-state index contributed by atoms with van der Waals surface area (Å²) in [7, 11) is -5.70. The second kappa shape index (κ2) is 11.4. The largest absolute Gasteiger partial charge is 0.534 e. The van der Waals surface area contributed by atoms with Crippen LogP contribution in [0.25, 0.3) is 44.6 Å². The van der Waals surface area contributed by atoms with Crippen molar-refractivity contribution >= 4 is 32.1 Å². The molecule has 0 fully saturated rings. The molecule has 0 spiro atoms. The first-order valence-electron chi connectivity index (χ1n) is 15.1. The van der Waals surface area contributed by atoms with Gasteiger partial charge in [-0.15, -0.1) is 0 Å². The zero-order valence-corrected chi connectivity index (χ0v) is 26.0. The van der Waals surface area contributed by atoms with E-state index < -0.39 is 15.6 Å². The molecule has 11 heteroatoms. The van der Waals surface area contributed by atoms with Crippen molar-refractivity contribution in [3.63, 3.8) is 0 Å². The Morgan fingerprint density at radius 1 is 0.681 bits per heavy atom. The molecular weight excluding hydrogens is 633 g/mol. The molecule has 2 N–H and O–H groups in total. The van der Waals surface area contributed by atoms with Gasteiger partial charge >= 0.3 is 15.6 Å². The number of furan rings is 2. The highest BCUT2D eigenvalue weighted by Gasteiger charge is 2.48. The lowest BCUT2D eigenvalue weighted by atomic mass is 10.0. The van der Waals surface area contributed by atoms with Crippen LogP contribution >= 0.6 is 0 Å². The van der Waals surface area contributed by atoms with Gasteiger partial charge in [0.15, 0.2) is 0 Å². The second-order valence-electron chi connectivity index (χ2n) is 11.9. The summed E-state index contributed by atoms with van der Waals surface area (Å²) in [6, 6.07) is 20.6. The number of aryl methyl sites for hydroxylation is 5. The number of phenolic OH excluding ortho intramolecular Hbond substituents is 2. The molecule has 0 atom stereocenters. The predicted octanol–water partition coefficient (Wildman–Crippen LogP) is 9.13. The number of hydrogen-bond donors (Lipinski definition) is 2. The number of rotatable bonds is 2. The Morgan fingerprint density at radius 2 is 1.21 bits per heavy atom. The van der Waals surface area contributed by atoms with Gasteiger partial charge in [0.25, 0.3) is 0 Å². The first-order chi connectivity index (χ1) is 22.4. The van der Waals surface area contributed by atoms with Crippen molar-refractivity contribution in [2.45, 2.75) is 51.0 Å². The lowest BCUT2D eigenvalue weighted by Gasteiger charge is -2.12. The van der Waals surface area contributed by atoms with Crippen LogP contribution in [-0.4, -0.2) is 24.1 Å². The molecule has 0 aliphatic heterocycles. The van der Waals surface area contributed by atoms with Crippen LogP contribution in [0, 0.1) is 6.92 Å². The van der Waals surface area contributed by atoms with E-state index in [1.165, 1.54) is 12.1 Å². The van der Waals surface area contributed by atoms with Gasteiger partial charge in [-0.3, -0.25) is 0 Å². The standard InChI is InChI=1S/C19H15F3O4S.C17H14O3/c1-11-5-8-17-16(9-11)15-4-2-3-12-10-13(6-7-14(12)18(15)25-17)26-27(23,24)19(20,21)22;18-11-4-6-13-10(8-11)2-1-3-14-15-9-12(19)5-7-16(15)20-17(13)14/h5-10H,2-4H2,1H3;4-9,18-19H,1-3H2. The second-order valence-corrected chi connectivity index (χ2v) is 13.4. The Balaban J connectivity index is 0.000000156. The molecule has 0 amide bonds. The number of phenols is 2. The average molecular weight is 663 g/mol. The minimum absolute atomic E-state index is 0.260. The van der Waals surface area contributed by atoms with Gasteiger partial charge in [0.1, 0.15) is 39.9 Å². The first-order valence-corrected chi connectivity index (χ1v) is 16.5. The van der Waals surface area contributed by atoms with Crippen LogP contribution in [0.1, 0.15) is 40.7 Å². The van der Waals surface area contributed by atoms with Gasteiger partial charge in [-0.25, -0.2) is 0 Å². The van der Waals surface area contributed by atoms with Crippen molar-refractivity contribution in [2.75, 3.05) is 0 Å². The van der Waals surface area contributed by atoms with Crippen molar-refractivity contribution in [2.24, 2.45) is 0 Å². The van der Waals surface area contributed by atoms with E-state index in [1.807, 2.05) is 31.2 Å². The number of halogens is 3. The summed E-state index contributed by atoms with van der Waals surface area (Å²) >= 11 is 0. The molecule has 47 heavy (non-hydrogen) atoms. The summed E-state index contributed by atoms with van der Waals surface area (Å²) in [6.45, 7) is 1.99. The van der Waals surface area contributed by atoms with Crippen LogP contribution in [-0.2, 0) is 35.8 Å². The summed E-state index contributed by atoms with van der Waals surface area (Å²) in [5, 5.41) is 21.3. The van der Waals surface area contributed by atoms with Crippen LogP contribution in [0.15, 0.2) is 81.6 Å². The van der Waals surface area contributed by atoms with Gasteiger partial charge in [-0.2, -0.15) is 21.6 Å². The zero-order valence-electron chi connectivity index (χ0n) is 25.1. The Bertz CT molecular complexity index is 2280. The molecule has 2 aliphatic carbocycles. The fourth-order valence-electron chi connectivity index (χ4n) is 6.47. The van der Waals surface area contributed by atoms with Gasteiger partial charge in [-0.1, -0.05) is 11.6 Å². The zero-order chi connectivity index (χ0) is 33.1. The Labute approximate surface area is 268 Å². The van der Waals surface area contributed by atoms with E-state index in [0.717, 1.165) is 93.2 Å². The van der Waals surface area contributed by atoms with Gasteiger partial charge in [0.2, 0.25) is 0 Å². The third-order valence-electron chi connectivity index (χ3n) is 8.61. The molecule has 0 bridgehead atoms. The van der Waals surface area contributed by atoms with Crippen LogP contribution in [0.4, 0.5) is 13.2 Å². The molecule has 2 aliphatic rings. The SMILES string of the molecule is Cc1ccc2oc3c(c2c1)CCCc1cc(OS(=O)(=O)C(F)(F)F)ccc1-3.Oc1ccc2c(c1)CCCc1c-2oc2ccc(O)cc12. The molecule has 0 saturated heterocycles. The van der Waals surface area contributed by atoms with Crippen molar-refractivity contribution in [3.05, 3.63) is 101 Å². The topological polar surface area (TPSA) is 110 Å². The molecule has 2 heterocycles. The molecule has 0 radical (unpaired) electrons. The maximum absolute atomic E-state index is 12.5. The first kappa shape index (κ1) is 30.7. The monoisotopic (exact) mass is 662 g/mol. The van der Waals surface area contributed by atoms with Crippen molar-refractivity contribution < 1.29 is 44.8 Å². The quantitative estimate of drug-likeness (QED) is 0.141. The summed E-state index contributed by atoms with van der Waals surface area (Å²) in [6.07, 6.45) is 4.95. The Morgan fingerprint density at radius 3 is 1.85 bits per heavy atom. The van der Waals surface area contributed by atoms with E-state index in [-0.39, 0.29) is 11.5 Å². The molecule has 6 aromatic rings. The van der Waals surface area contributed by atoms with Gasteiger partial charge in [0, 0.05) is 33.0 Å². The Kier molecular flexibility index (Phi) is 7.46. The highest BCUT2D eigenvalue weighted by atomic mass is 32.2. The Hall–Kier alpha value is -4.90. The van der Waals surface area contributed by atoms with Crippen LogP contribution in [0.3, 0.4) is 0 Å². The predicted molar refractivity (Wildman–Crippen MR) is 171 cm³/mol. The number of benzene rings is 4. The third kappa shape index (κ3) is 5.69. The molecule has 8 rings (SSSR count). The third-order valence-corrected chi connectivity index (χ3v) is 9.59. The summed E-state index contributed by atoms with van der Waals surface area (Å²) in [4.78, 5) is 0. The summed E-state index contributed by atoms with van der Waals surface area (Å²) in [5.41, 5.74) is 3.00. The van der Waals surface area contributed by atoms with Gasteiger partial charge in [0.05, 0.1) is 0 Å². The highest BCUT2D eigenvalue weighted by Crippen LogP contribution is 2.42. The van der Waals surface area contributed by atoms with Gasteiger partial charge in [-0.05, 0) is 123 Å². The van der Waals surface area contributed by atoms with Crippen LogP contribution in [0.5, 0.6) is 17.2 Å². The maximum Gasteiger partial charge on any atom is 0.534 e. The van der Waals surface area contributed by atoms with Crippen molar-refractivity contribution in [1.82, 2.24) is 0 Å². The van der Waals surface area contributed by atoms with E-state index in [0.29, 0.717) is 23.5 Å². The van der Waals surface area contributed by atoms with E-state index >= 15 is 0 Å².